The summed E-state index contributed by atoms with van der Waals surface area (Å²) in [6, 6.07) is 16.9. The van der Waals surface area contributed by atoms with Crippen LogP contribution in [0.4, 0.5) is 5.69 Å². The van der Waals surface area contributed by atoms with Crippen LogP contribution in [0.3, 0.4) is 0 Å². The zero-order chi connectivity index (χ0) is 28.9. The van der Waals surface area contributed by atoms with Gasteiger partial charge in [0.05, 0.1) is 0 Å². The second kappa shape index (κ2) is 12.4. The molecule has 0 bridgehead atoms. The normalized spacial score (nSPS) is 11.6. The van der Waals surface area contributed by atoms with Crippen LogP contribution >= 0.6 is 0 Å². The Kier molecular flexibility index (Phi) is 9.13. The molecule has 2 heterocycles. The molecule has 1 amide bonds. The number of nitrogens with one attached hydrogen (secondary N) is 1. The van der Waals surface area contributed by atoms with Crippen molar-refractivity contribution in [2.75, 3.05) is 5.32 Å². The molecular formula is C24H19N5O7S2Se2. The van der Waals surface area contributed by atoms with E-state index in [1.54, 1.807) is 36.7 Å². The molecule has 2 aromatic carbocycles. The van der Waals surface area contributed by atoms with Crippen LogP contribution in [-0.4, -0.2) is 64.9 Å². The number of esters is 1. The Morgan fingerprint density at radius 1 is 0.700 bits per heavy atom. The molecule has 0 radical (unpaired) electrons. The Bertz CT molecular complexity index is 1650. The fourth-order valence-corrected chi connectivity index (χ4v) is 10.6. The van der Waals surface area contributed by atoms with E-state index in [0.29, 0.717) is 20.4 Å². The first-order chi connectivity index (χ1) is 18.9. The van der Waals surface area contributed by atoms with E-state index in [-0.39, 0.29) is 47.4 Å². The predicted molar refractivity (Wildman–Crippen MR) is 148 cm³/mol. The zero-order valence-corrected chi connectivity index (χ0v) is 25.2. The van der Waals surface area contributed by atoms with Gasteiger partial charge in [-0.1, -0.05) is 0 Å². The number of rotatable bonds is 9. The monoisotopic (exact) mass is 713 g/mol. The van der Waals surface area contributed by atoms with Crippen LogP contribution in [0.1, 0.15) is 20.7 Å². The average molecular weight is 711 g/mol. The van der Waals surface area contributed by atoms with Gasteiger partial charge in [-0.25, -0.2) is 0 Å². The van der Waals surface area contributed by atoms with Crippen molar-refractivity contribution in [3.8, 4) is 5.75 Å². The van der Waals surface area contributed by atoms with Gasteiger partial charge in [-0.05, 0) is 0 Å². The molecule has 40 heavy (non-hydrogen) atoms. The molecule has 0 fully saturated rings. The first-order valence-corrected chi connectivity index (χ1v) is 20.1. The SMILES string of the molecule is NS(=O)(=O)c1ccc(NC(=O)c2cccnc2[Se][Se]c2ncccc2C(=O)Oc2ccc(S(N)(=O)=O)cc2)cc1. The van der Waals surface area contributed by atoms with E-state index in [4.69, 9.17) is 15.0 Å². The molecule has 4 rings (SSSR count). The maximum absolute atomic E-state index is 13.0. The Hall–Kier alpha value is -3.46. The second-order valence-corrected chi connectivity index (χ2v) is 16.9. The number of hydrogen-bond donors (Lipinski definition) is 3. The van der Waals surface area contributed by atoms with Crippen molar-refractivity contribution in [1.82, 2.24) is 9.97 Å². The topological polar surface area (TPSA) is 201 Å². The number of carbonyl (C=O) groups excluding carboxylic acids is 2. The van der Waals surface area contributed by atoms with E-state index in [9.17, 15) is 26.4 Å². The minimum absolute atomic E-state index is 0.0798. The summed E-state index contributed by atoms with van der Waals surface area (Å²) in [5.74, 6) is -0.982. The first-order valence-electron chi connectivity index (χ1n) is 11.0. The van der Waals surface area contributed by atoms with Crippen molar-refractivity contribution in [1.29, 1.82) is 0 Å². The van der Waals surface area contributed by atoms with Crippen molar-refractivity contribution < 1.29 is 31.2 Å². The standard InChI is InChI=1S/C24H19N5O7S2Se2/c25-37(32,33)17-9-5-15(6-10-17)29-21(30)19-3-1-13-27-22(19)39-40-23-20(4-2-14-28-23)24(31)36-16-7-11-18(12-8-16)38(26,34)35/h1-14H,(H,29,30)(H2,25,32,33)(H2,26,34,35). The molecule has 16 heteroatoms. The molecule has 0 unspecified atom stereocenters. The van der Waals surface area contributed by atoms with Gasteiger partial charge in [-0.2, -0.15) is 0 Å². The fourth-order valence-electron chi connectivity index (χ4n) is 3.11. The Morgan fingerprint density at radius 3 is 1.70 bits per heavy atom. The van der Waals surface area contributed by atoms with Crippen molar-refractivity contribution in [3.05, 3.63) is 96.3 Å². The molecule has 0 aliphatic heterocycles. The maximum atomic E-state index is 13.0. The van der Waals surface area contributed by atoms with Gasteiger partial charge in [0.2, 0.25) is 0 Å². The van der Waals surface area contributed by atoms with E-state index in [0.717, 1.165) is 0 Å². The Labute approximate surface area is 240 Å². The summed E-state index contributed by atoms with van der Waals surface area (Å²) in [4.78, 5) is 34.4. The molecule has 0 saturated carbocycles. The summed E-state index contributed by atoms with van der Waals surface area (Å²) >= 11 is -0.737. The molecule has 0 aliphatic carbocycles. The molecule has 12 nitrogen and oxygen atoms in total. The molecule has 5 N–H and O–H groups in total. The van der Waals surface area contributed by atoms with E-state index >= 15 is 0 Å². The minimum atomic E-state index is -3.88. The Balaban J connectivity index is 1.47. The average Bonchev–Trinajstić information content (AvgIpc) is 2.92. The van der Waals surface area contributed by atoms with Crippen molar-refractivity contribution >= 4 is 73.1 Å². The summed E-state index contributed by atoms with van der Waals surface area (Å²) in [5, 5.41) is 12.9. The zero-order valence-electron chi connectivity index (χ0n) is 20.1. The van der Waals surface area contributed by atoms with Crippen LogP contribution in [0, 0.1) is 0 Å². The predicted octanol–water partition coefficient (Wildman–Crippen LogP) is -0.483. The summed E-state index contributed by atoms with van der Waals surface area (Å²) in [5.41, 5.74) is 0.934. The van der Waals surface area contributed by atoms with Crippen LogP contribution in [0.15, 0.2) is 95.0 Å². The Morgan fingerprint density at radius 2 is 1.18 bits per heavy atom. The fraction of sp³-hybridized carbons (Fsp3) is 0. The third-order valence-electron chi connectivity index (χ3n) is 5.01. The van der Waals surface area contributed by atoms with E-state index < -0.39 is 31.9 Å². The van der Waals surface area contributed by atoms with Gasteiger partial charge < -0.3 is 0 Å². The number of aromatic nitrogens is 2. The van der Waals surface area contributed by atoms with Gasteiger partial charge in [-0.3, -0.25) is 0 Å². The molecule has 2 aromatic heterocycles. The molecule has 206 valence electrons. The molecule has 0 atom stereocenters. The van der Waals surface area contributed by atoms with E-state index in [2.05, 4.69) is 15.3 Å². The van der Waals surface area contributed by atoms with Crippen LogP contribution in [-0.2, 0) is 20.0 Å². The number of nitrogens with zero attached hydrogens (tertiary/aromatic N) is 2. The van der Waals surface area contributed by atoms with Gasteiger partial charge in [0.25, 0.3) is 0 Å². The number of primary sulfonamides is 2. The van der Waals surface area contributed by atoms with E-state index in [1.165, 1.54) is 48.5 Å². The third-order valence-corrected chi connectivity index (χ3v) is 13.4. The number of carbonyl (C=O) groups is 2. The third kappa shape index (κ3) is 7.59. The van der Waals surface area contributed by atoms with Crippen LogP contribution in [0.5, 0.6) is 5.75 Å². The molecular weight excluding hydrogens is 692 g/mol. The number of benzene rings is 2. The summed E-state index contributed by atoms with van der Waals surface area (Å²) in [6.45, 7) is 0. The van der Waals surface area contributed by atoms with E-state index in [1.807, 2.05) is 0 Å². The number of amides is 1. The number of anilines is 1. The van der Waals surface area contributed by atoms with Crippen molar-refractivity contribution in [3.63, 3.8) is 0 Å². The van der Waals surface area contributed by atoms with Crippen molar-refractivity contribution in [2.24, 2.45) is 10.3 Å². The summed E-state index contributed by atoms with van der Waals surface area (Å²) < 4.78 is 52.2. The number of nitrogens with two attached hydrogens (primary N) is 2. The van der Waals surface area contributed by atoms with Gasteiger partial charge in [0.15, 0.2) is 0 Å². The summed E-state index contributed by atoms with van der Waals surface area (Å²) in [7, 11) is -7.74. The molecule has 0 aliphatic rings. The molecule has 0 spiro atoms. The molecule has 0 saturated heterocycles. The van der Waals surface area contributed by atoms with Gasteiger partial charge in [0, 0.05) is 0 Å². The number of hydrogen-bond acceptors (Lipinski definition) is 9. The van der Waals surface area contributed by atoms with Crippen LogP contribution < -0.4 is 29.5 Å². The van der Waals surface area contributed by atoms with Gasteiger partial charge in [-0.15, -0.1) is 0 Å². The van der Waals surface area contributed by atoms with Crippen LogP contribution in [0.25, 0.3) is 0 Å². The molecule has 4 aromatic rings. The quantitative estimate of drug-likeness (QED) is 0.117. The first kappa shape index (κ1) is 29.5. The number of ether oxygens (including phenoxy) is 1. The number of sulfonamides is 2. The van der Waals surface area contributed by atoms with Crippen LogP contribution in [0.2, 0.25) is 0 Å². The van der Waals surface area contributed by atoms with Crippen molar-refractivity contribution in [2.45, 2.75) is 9.79 Å². The number of pyridine rings is 2. The summed E-state index contributed by atoms with van der Waals surface area (Å²) in [6.07, 6.45) is 3.10. The second-order valence-electron chi connectivity index (χ2n) is 7.81. The van der Waals surface area contributed by atoms with Gasteiger partial charge >= 0.3 is 242 Å². The van der Waals surface area contributed by atoms with Gasteiger partial charge in [0.1, 0.15) is 0 Å².